The van der Waals surface area contributed by atoms with Gasteiger partial charge in [0, 0.05) is 33.6 Å². The standard InChI is InChI=1S/C65H44N2O/c1-6-21-45(22-7-1)46-39-42-52(43-40-46)67(58-37-20-36-57-62(58)55-32-16-17-35-56(55)65(57,48-24-8-2-9-25-48)49-26-10-3-11-27-49)60-44-41-47-23-18-33-53-54-34-19-38-59(63(54)68-64(60)61(47)53)66(50-28-12-4-13-29-50)51-30-14-5-15-31-51/h1-44H. The summed E-state index contributed by atoms with van der Waals surface area (Å²) in [5.41, 5.74) is 17.4. The first-order valence-corrected chi connectivity index (χ1v) is 23.3. The molecule has 0 amide bonds. The van der Waals surface area contributed by atoms with Crippen LogP contribution in [0.1, 0.15) is 22.3 Å². The molecule has 0 saturated heterocycles. The van der Waals surface area contributed by atoms with Crippen molar-refractivity contribution in [2.45, 2.75) is 5.41 Å². The van der Waals surface area contributed by atoms with Crippen LogP contribution in [0.2, 0.25) is 0 Å². The summed E-state index contributed by atoms with van der Waals surface area (Å²) in [6.45, 7) is 0. The van der Waals surface area contributed by atoms with Gasteiger partial charge in [-0.25, -0.2) is 0 Å². The summed E-state index contributed by atoms with van der Waals surface area (Å²) in [4.78, 5) is 4.75. The predicted molar refractivity (Wildman–Crippen MR) is 282 cm³/mol. The summed E-state index contributed by atoms with van der Waals surface area (Å²) in [5.74, 6) is 1.62. The van der Waals surface area contributed by atoms with E-state index in [1.54, 1.807) is 0 Å². The van der Waals surface area contributed by atoms with Crippen molar-refractivity contribution >= 4 is 44.9 Å². The molecule has 2 aliphatic rings. The SMILES string of the molecule is c1ccc(-c2ccc(N(c3cccc4c3-c3ccccc3C4(c3ccccc3)c3ccccc3)c3ccc4cccc5c4c3Oc3c-5cccc3N(c3ccccc3)c3ccccc3)cc2)cc1. The Morgan fingerprint density at radius 2 is 0.779 bits per heavy atom. The van der Waals surface area contributed by atoms with E-state index in [1.165, 1.54) is 38.9 Å². The van der Waals surface area contributed by atoms with Gasteiger partial charge in [0.25, 0.3) is 0 Å². The zero-order chi connectivity index (χ0) is 45.0. The second-order valence-electron chi connectivity index (χ2n) is 17.6. The van der Waals surface area contributed by atoms with Crippen molar-refractivity contribution in [2.75, 3.05) is 9.80 Å². The number of para-hydroxylation sites is 3. The molecule has 0 spiro atoms. The largest absolute Gasteiger partial charge is 0.452 e. The molecule has 0 unspecified atom stereocenters. The van der Waals surface area contributed by atoms with Gasteiger partial charge in [-0.15, -0.1) is 0 Å². The summed E-state index contributed by atoms with van der Waals surface area (Å²) in [6.07, 6.45) is 0. The van der Waals surface area contributed by atoms with Gasteiger partial charge in [0.15, 0.2) is 11.5 Å². The van der Waals surface area contributed by atoms with Crippen LogP contribution >= 0.6 is 0 Å². The second kappa shape index (κ2) is 16.2. The van der Waals surface area contributed by atoms with Crippen LogP contribution in [-0.2, 0) is 5.41 Å². The first kappa shape index (κ1) is 39.4. The van der Waals surface area contributed by atoms with Crippen molar-refractivity contribution in [3.63, 3.8) is 0 Å². The minimum atomic E-state index is -0.569. The fourth-order valence-electron chi connectivity index (χ4n) is 11.0. The lowest BCUT2D eigenvalue weighted by Gasteiger charge is -2.35. The first-order chi connectivity index (χ1) is 33.8. The van der Waals surface area contributed by atoms with Crippen LogP contribution in [0.25, 0.3) is 44.2 Å². The highest BCUT2D eigenvalue weighted by Gasteiger charge is 2.47. The molecular formula is C65H44N2O. The summed E-state index contributed by atoms with van der Waals surface area (Å²) < 4.78 is 7.64. The number of hydrogen-bond donors (Lipinski definition) is 0. The van der Waals surface area contributed by atoms with E-state index in [0.717, 1.165) is 73.1 Å². The van der Waals surface area contributed by atoms with Crippen molar-refractivity contribution in [1.82, 2.24) is 0 Å². The van der Waals surface area contributed by atoms with Crippen molar-refractivity contribution in [1.29, 1.82) is 0 Å². The number of ether oxygens (including phenoxy) is 1. The van der Waals surface area contributed by atoms with Crippen LogP contribution < -0.4 is 14.5 Å². The Labute approximate surface area is 397 Å². The van der Waals surface area contributed by atoms with Crippen LogP contribution in [0.15, 0.2) is 267 Å². The number of nitrogens with zero attached hydrogens (tertiary/aromatic N) is 2. The molecule has 0 fully saturated rings. The molecule has 0 radical (unpaired) electrons. The van der Waals surface area contributed by atoms with Crippen molar-refractivity contribution < 1.29 is 4.74 Å². The molecule has 0 saturated carbocycles. The van der Waals surface area contributed by atoms with Gasteiger partial charge >= 0.3 is 0 Å². The Kier molecular flexibility index (Phi) is 9.40. The lowest BCUT2D eigenvalue weighted by molar-refractivity contribution is 0.489. The van der Waals surface area contributed by atoms with Gasteiger partial charge < -0.3 is 14.5 Å². The molecule has 1 aliphatic heterocycles. The Morgan fingerprint density at radius 3 is 1.46 bits per heavy atom. The molecule has 68 heavy (non-hydrogen) atoms. The number of hydrogen-bond acceptors (Lipinski definition) is 3. The third-order valence-electron chi connectivity index (χ3n) is 13.9. The number of fused-ring (bicyclic) bond motifs is 5. The van der Waals surface area contributed by atoms with Gasteiger partial charge in [0.05, 0.1) is 22.5 Å². The van der Waals surface area contributed by atoms with Crippen LogP contribution in [-0.4, -0.2) is 0 Å². The van der Waals surface area contributed by atoms with Gasteiger partial charge in [-0.05, 0) is 104 Å². The summed E-state index contributed by atoms with van der Waals surface area (Å²) in [5, 5.41) is 2.21. The highest BCUT2D eigenvalue weighted by Crippen LogP contribution is 2.62. The molecule has 0 N–H and O–H groups in total. The maximum atomic E-state index is 7.64. The molecule has 1 heterocycles. The Morgan fingerprint density at radius 1 is 0.294 bits per heavy atom. The van der Waals surface area contributed by atoms with Crippen LogP contribution in [0.3, 0.4) is 0 Å². The average Bonchev–Trinajstić information content (AvgIpc) is 3.73. The zero-order valence-corrected chi connectivity index (χ0v) is 37.2. The van der Waals surface area contributed by atoms with E-state index in [1.807, 2.05) is 0 Å². The van der Waals surface area contributed by atoms with E-state index in [0.29, 0.717) is 0 Å². The van der Waals surface area contributed by atoms with E-state index < -0.39 is 5.41 Å². The minimum absolute atomic E-state index is 0.569. The van der Waals surface area contributed by atoms with Crippen LogP contribution in [0.4, 0.5) is 34.1 Å². The van der Waals surface area contributed by atoms with Crippen molar-refractivity contribution in [3.05, 3.63) is 289 Å². The molecule has 11 aromatic rings. The van der Waals surface area contributed by atoms with Crippen LogP contribution in [0, 0.1) is 0 Å². The third-order valence-corrected chi connectivity index (χ3v) is 13.9. The molecule has 0 aromatic heterocycles. The van der Waals surface area contributed by atoms with E-state index >= 15 is 0 Å². The highest BCUT2D eigenvalue weighted by molar-refractivity contribution is 6.10. The molecule has 3 nitrogen and oxygen atoms in total. The van der Waals surface area contributed by atoms with Gasteiger partial charge in [-0.1, -0.05) is 212 Å². The maximum absolute atomic E-state index is 7.64. The zero-order valence-electron chi connectivity index (χ0n) is 37.2. The molecule has 0 bridgehead atoms. The predicted octanol–water partition coefficient (Wildman–Crippen LogP) is 17.6. The van der Waals surface area contributed by atoms with Gasteiger partial charge in [0.1, 0.15) is 0 Å². The van der Waals surface area contributed by atoms with E-state index in [4.69, 9.17) is 4.74 Å². The number of benzene rings is 11. The first-order valence-electron chi connectivity index (χ1n) is 23.3. The third kappa shape index (κ3) is 6.13. The number of anilines is 6. The molecule has 0 atom stereocenters. The Hall–Kier alpha value is -8.92. The van der Waals surface area contributed by atoms with Gasteiger partial charge in [0.2, 0.25) is 0 Å². The normalized spacial score (nSPS) is 12.6. The molecule has 11 aromatic carbocycles. The van der Waals surface area contributed by atoms with Gasteiger partial charge in [-0.3, -0.25) is 0 Å². The monoisotopic (exact) mass is 868 g/mol. The smallest absolute Gasteiger partial charge is 0.160 e. The fourth-order valence-corrected chi connectivity index (χ4v) is 11.0. The van der Waals surface area contributed by atoms with E-state index in [-0.39, 0.29) is 0 Å². The number of rotatable bonds is 9. The molecule has 13 rings (SSSR count). The minimum Gasteiger partial charge on any atom is -0.452 e. The lowest BCUT2D eigenvalue weighted by Crippen LogP contribution is -2.28. The van der Waals surface area contributed by atoms with E-state index in [9.17, 15) is 0 Å². The Bertz CT molecular complexity index is 3550. The van der Waals surface area contributed by atoms with Gasteiger partial charge in [-0.2, -0.15) is 0 Å². The summed E-state index contributed by atoms with van der Waals surface area (Å²) in [6, 6.07) is 96.4. The quantitative estimate of drug-likeness (QED) is 0.144. The fraction of sp³-hybridized carbons (Fsp3) is 0.0154. The summed E-state index contributed by atoms with van der Waals surface area (Å²) in [7, 11) is 0. The Balaban J connectivity index is 1.09. The van der Waals surface area contributed by atoms with Crippen LogP contribution in [0.5, 0.6) is 11.5 Å². The lowest BCUT2D eigenvalue weighted by atomic mass is 9.68. The topological polar surface area (TPSA) is 15.7 Å². The average molecular weight is 869 g/mol. The summed E-state index contributed by atoms with van der Waals surface area (Å²) >= 11 is 0. The maximum Gasteiger partial charge on any atom is 0.160 e. The molecular weight excluding hydrogens is 825 g/mol. The molecule has 1 aliphatic carbocycles. The van der Waals surface area contributed by atoms with Crippen molar-refractivity contribution in [3.8, 4) is 44.9 Å². The van der Waals surface area contributed by atoms with E-state index in [2.05, 4.69) is 277 Å². The molecule has 320 valence electrons. The highest BCUT2D eigenvalue weighted by atomic mass is 16.5. The molecule has 3 heteroatoms. The van der Waals surface area contributed by atoms with Crippen molar-refractivity contribution in [2.24, 2.45) is 0 Å². The second-order valence-corrected chi connectivity index (χ2v) is 17.6.